The van der Waals surface area contributed by atoms with Crippen molar-refractivity contribution < 1.29 is 14.3 Å². The number of alkyl halides is 2. The Bertz CT molecular complexity index is 249. The molecule has 1 fully saturated rings. The molecule has 0 spiro atoms. The van der Waals surface area contributed by atoms with Gasteiger partial charge in [-0.1, -0.05) is 23.2 Å². The normalized spacial score (nSPS) is 21.4. The number of rotatable bonds is 2. The number of hydrogen-bond donors (Lipinski definition) is 0. The third-order valence-corrected chi connectivity index (χ3v) is 3.32. The van der Waals surface area contributed by atoms with Crippen molar-refractivity contribution in [2.45, 2.75) is 10.2 Å². The molecule has 0 aromatic rings. The maximum absolute atomic E-state index is 11.4. The van der Waals surface area contributed by atoms with Crippen LogP contribution in [0.2, 0.25) is 0 Å². The van der Waals surface area contributed by atoms with Gasteiger partial charge in [-0.15, -0.1) is 11.8 Å². The molecule has 1 heterocycles. The van der Waals surface area contributed by atoms with Crippen molar-refractivity contribution in [3.8, 4) is 0 Å². The molecule has 14 heavy (non-hydrogen) atoms. The molecule has 0 aliphatic carbocycles. The van der Waals surface area contributed by atoms with Crippen LogP contribution in [0.5, 0.6) is 0 Å². The zero-order chi connectivity index (χ0) is 10.7. The van der Waals surface area contributed by atoms with Gasteiger partial charge >= 0.3 is 5.97 Å². The molecule has 7 heteroatoms. The molecule has 0 N–H and O–H groups in total. The monoisotopic (exact) mass is 257 g/mol. The van der Waals surface area contributed by atoms with Gasteiger partial charge in [0, 0.05) is 12.3 Å². The van der Waals surface area contributed by atoms with E-state index in [9.17, 15) is 9.59 Å². The molecule has 0 aromatic carbocycles. The predicted octanol–water partition coefficient (Wildman–Crippen LogP) is 0.865. The lowest BCUT2D eigenvalue weighted by atomic mass is 10.4. The number of hydrogen-bond acceptors (Lipinski definition) is 4. The minimum Gasteiger partial charge on any atom is -0.467 e. The number of methoxy groups -OCH3 is 1. The highest BCUT2D eigenvalue weighted by atomic mass is 35.5. The number of nitrogens with zero attached hydrogens (tertiary/aromatic N) is 1. The summed E-state index contributed by atoms with van der Waals surface area (Å²) in [6, 6.07) is 0. The van der Waals surface area contributed by atoms with Gasteiger partial charge in [-0.25, -0.2) is 4.79 Å². The number of amides is 1. The second-order valence-corrected chi connectivity index (χ2v) is 4.86. The lowest BCUT2D eigenvalue weighted by Gasteiger charge is -2.21. The molecule has 0 bridgehead atoms. The van der Waals surface area contributed by atoms with Crippen LogP contribution in [0.15, 0.2) is 0 Å². The second kappa shape index (κ2) is 5.09. The number of carbonyl (C=O) groups is 2. The first-order chi connectivity index (χ1) is 6.57. The molecular formula is C7H9Cl2NO3S. The van der Waals surface area contributed by atoms with Crippen molar-refractivity contribution >= 4 is 46.8 Å². The fourth-order valence-electron chi connectivity index (χ4n) is 1.12. The van der Waals surface area contributed by atoms with Gasteiger partial charge in [0.2, 0.25) is 0 Å². The number of esters is 1. The molecule has 1 rings (SSSR count). The topological polar surface area (TPSA) is 46.6 Å². The lowest BCUT2D eigenvalue weighted by Crippen LogP contribution is -2.42. The Morgan fingerprint density at radius 2 is 2.21 bits per heavy atom. The zero-order valence-electron chi connectivity index (χ0n) is 7.41. The van der Waals surface area contributed by atoms with Crippen LogP contribution >= 0.6 is 35.0 Å². The summed E-state index contributed by atoms with van der Waals surface area (Å²) in [4.78, 5) is 22.9. The van der Waals surface area contributed by atoms with Crippen LogP contribution in [0.4, 0.5) is 0 Å². The van der Waals surface area contributed by atoms with Gasteiger partial charge in [0.05, 0.1) is 7.11 Å². The summed E-state index contributed by atoms with van der Waals surface area (Å²) >= 11 is 12.2. The fraction of sp³-hybridized carbons (Fsp3) is 0.714. The molecule has 1 saturated heterocycles. The van der Waals surface area contributed by atoms with Crippen LogP contribution in [-0.2, 0) is 14.3 Å². The third-order valence-electron chi connectivity index (χ3n) is 1.76. The molecule has 1 amide bonds. The quantitative estimate of drug-likeness (QED) is 0.544. The highest BCUT2D eigenvalue weighted by Gasteiger charge is 2.37. The maximum atomic E-state index is 11.4. The first-order valence-electron chi connectivity index (χ1n) is 3.86. The summed E-state index contributed by atoms with van der Waals surface area (Å²) in [6.07, 6.45) is 0. The first kappa shape index (κ1) is 11.9. The van der Waals surface area contributed by atoms with Crippen LogP contribution in [-0.4, -0.2) is 46.4 Å². The van der Waals surface area contributed by atoms with E-state index in [0.29, 0.717) is 12.3 Å². The summed E-state index contributed by atoms with van der Waals surface area (Å²) in [5.41, 5.74) is 0. The Kier molecular flexibility index (Phi) is 4.34. The molecule has 0 saturated carbocycles. The van der Waals surface area contributed by atoms with Gasteiger partial charge in [0.1, 0.15) is 0 Å². The highest BCUT2D eigenvalue weighted by molar-refractivity contribution is 8.00. The summed E-state index contributed by atoms with van der Waals surface area (Å²) in [5, 5.41) is -0.604. The number of carbonyl (C=O) groups excluding carboxylic acids is 2. The van der Waals surface area contributed by atoms with Gasteiger partial charge in [-0.2, -0.15) is 0 Å². The molecular weight excluding hydrogens is 249 g/mol. The maximum Gasteiger partial charge on any atom is 0.339 e. The first-order valence-corrected chi connectivity index (χ1v) is 5.78. The smallest absolute Gasteiger partial charge is 0.339 e. The predicted molar refractivity (Wildman–Crippen MR) is 55.5 cm³/mol. The van der Waals surface area contributed by atoms with E-state index < -0.39 is 22.1 Å². The van der Waals surface area contributed by atoms with E-state index in [2.05, 4.69) is 4.74 Å². The van der Waals surface area contributed by atoms with Crippen molar-refractivity contribution in [3.05, 3.63) is 0 Å². The van der Waals surface area contributed by atoms with Crippen molar-refractivity contribution in [2.24, 2.45) is 0 Å². The second-order valence-electron chi connectivity index (χ2n) is 2.58. The summed E-state index contributed by atoms with van der Waals surface area (Å²) < 4.78 is 4.55. The lowest BCUT2D eigenvalue weighted by molar-refractivity contribution is -0.147. The van der Waals surface area contributed by atoms with E-state index in [1.54, 1.807) is 0 Å². The third kappa shape index (κ3) is 2.46. The van der Waals surface area contributed by atoms with Gasteiger partial charge in [0.15, 0.2) is 10.2 Å². The van der Waals surface area contributed by atoms with Crippen molar-refractivity contribution in [3.63, 3.8) is 0 Å². The van der Waals surface area contributed by atoms with E-state index in [0.717, 1.165) is 0 Å². The number of ether oxygens (including phenoxy) is 1. The average molecular weight is 258 g/mol. The van der Waals surface area contributed by atoms with Crippen LogP contribution in [0, 0.1) is 0 Å². The van der Waals surface area contributed by atoms with Gasteiger partial charge in [-0.05, 0) is 0 Å². The van der Waals surface area contributed by atoms with Crippen LogP contribution in [0.1, 0.15) is 0 Å². The Labute approximate surface area is 95.8 Å². The van der Waals surface area contributed by atoms with Crippen LogP contribution < -0.4 is 0 Å². The van der Waals surface area contributed by atoms with E-state index in [4.69, 9.17) is 23.2 Å². The standard InChI is InChI=1S/C7H9Cl2NO3S/c1-13-7(12)6-10(2-3-14-6)5(11)4(8)9/h4,6H,2-3H2,1H3. The molecule has 1 aliphatic heterocycles. The van der Waals surface area contributed by atoms with E-state index in [-0.39, 0.29) is 0 Å². The SMILES string of the molecule is COC(=O)C1SCCN1C(=O)C(Cl)Cl. The largest absolute Gasteiger partial charge is 0.467 e. The van der Waals surface area contributed by atoms with E-state index in [1.165, 1.54) is 23.8 Å². The minimum absolute atomic E-state index is 0.449. The Morgan fingerprint density at radius 3 is 2.71 bits per heavy atom. The van der Waals surface area contributed by atoms with Crippen molar-refractivity contribution in [1.82, 2.24) is 4.90 Å². The van der Waals surface area contributed by atoms with Gasteiger partial charge in [0.25, 0.3) is 5.91 Å². The molecule has 0 aromatic heterocycles. The number of thioether (sulfide) groups is 1. The van der Waals surface area contributed by atoms with Crippen LogP contribution in [0.25, 0.3) is 0 Å². The van der Waals surface area contributed by atoms with E-state index in [1.807, 2.05) is 0 Å². The Balaban J connectivity index is 2.68. The molecule has 0 radical (unpaired) electrons. The summed E-state index contributed by atoms with van der Waals surface area (Å²) in [7, 11) is 1.28. The van der Waals surface area contributed by atoms with Crippen LogP contribution in [0.3, 0.4) is 0 Å². The minimum atomic E-state index is -1.12. The number of halogens is 2. The fourth-order valence-corrected chi connectivity index (χ4v) is 2.51. The van der Waals surface area contributed by atoms with E-state index >= 15 is 0 Å². The molecule has 80 valence electrons. The van der Waals surface area contributed by atoms with Gasteiger partial charge < -0.3 is 9.64 Å². The zero-order valence-corrected chi connectivity index (χ0v) is 9.73. The van der Waals surface area contributed by atoms with Crippen molar-refractivity contribution in [1.29, 1.82) is 0 Å². The highest BCUT2D eigenvalue weighted by Crippen LogP contribution is 2.26. The Morgan fingerprint density at radius 1 is 1.57 bits per heavy atom. The summed E-state index contributed by atoms with van der Waals surface area (Å²) in [6.45, 7) is 0.471. The average Bonchev–Trinajstić information content (AvgIpc) is 2.63. The summed E-state index contributed by atoms with van der Waals surface area (Å²) in [5.74, 6) is -0.213. The van der Waals surface area contributed by atoms with Crippen molar-refractivity contribution in [2.75, 3.05) is 19.4 Å². The molecule has 4 nitrogen and oxygen atoms in total. The molecule has 1 atom stereocenters. The molecule has 1 unspecified atom stereocenters. The Hall–Kier alpha value is -0.130. The molecule has 1 aliphatic rings. The van der Waals surface area contributed by atoms with Gasteiger partial charge in [-0.3, -0.25) is 4.79 Å².